The molecule has 6 nitrogen and oxygen atoms in total. The van der Waals surface area contributed by atoms with Gasteiger partial charge in [0, 0.05) is 23.4 Å². The highest BCUT2D eigenvalue weighted by Gasteiger charge is 2.19. The molecule has 7 heteroatoms. The Labute approximate surface area is 169 Å². The molecule has 0 unspecified atom stereocenters. The van der Waals surface area contributed by atoms with Gasteiger partial charge in [0.15, 0.2) is 0 Å². The van der Waals surface area contributed by atoms with Crippen LogP contribution >= 0.6 is 11.3 Å². The van der Waals surface area contributed by atoms with Gasteiger partial charge in [-0.3, -0.25) is 4.79 Å². The van der Waals surface area contributed by atoms with E-state index in [0.29, 0.717) is 6.54 Å². The molecule has 0 aliphatic heterocycles. The van der Waals surface area contributed by atoms with E-state index in [-0.39, 0.29) is 18.9 Å². The first-order chi connectivity index (χ1) is 13.3. The number of nitrogens with zero attached hydrogens (tertiary/aromatic N) is 2. The summed E-state index contributed by atoms with van der Waals surface area (Å²) in [5.74, 6) is 0.622. The molecule has 1 amide bonds. The lowest BCUT2D eigenvalue weighted by molar-refractivity contribution is -0.122. The van der Waals surface area contributed by atoms with Crippen molar-refractivity contribution in [3.05, 3.63) is 41.0 Å². The van der Waals surface area contributed by atoms with Gasteiger partial charge in [-0.2, -0.15) is 0 Å². The van der Waals surface area contributed by atoms with Gasteiger partial charge >= 0.3 is 0 Å². The standard InChI is InChI=1S/C21H26N4O2S/c1-13-5-7-15(8-6-13)17-14(2)28-20-18(17)19(23-12-24-20)22-10-9-16(27)25-21(3,4)11-26/h5-8,12,26H,9-11H2,1-4H3,(H,25,27)(H,22,23,24). The van der Waals surface area contributed by atoms with Crippen molar-refractivity contribution in [2.75, 3.05) is 18.5 Å². The molecule has 2 aromatic heterocycles. The maximum Gasteiger partial charge on any atom is 0.222 e. The Kier molecular flexibility index (Phi) is 5.96. The number of benzene rings is 1. The molecule has 0 aliphatic rings. The van der Waals surface area contributed by atoms with E-state index >= 15 is 0 Å². The van der Waals surface area contributed by atoms with E-state index < -0.39 is 5.54 Å². The lowest BCUT2D eigenvalue weighted by Crippen LogP contribution is -2.46. The minimum Gasteiger partial charge on any atom is -0.394 e. The third-order valence-corrected chi connectivity index (χ3v) is 5.54. The fourth-order valence-corrected chi connectivity index (χ4v) is 4.03. The molecule has 0 spiro atoms. The SMILES string of the molecule is Cc1ccc(-c2c(C)sc3ncnc(NCCC(=O)NC(C)(C)CO)c23)cc1. The van der Waals surface area contributed by atoms with Gasteiger partial charge < -0.3 is 15.7 Å². The molecule has 2 heterocycles. The summed E-state index contributed by atoms with van der Waals surface area (Å²) in [5.41, 5.74) is 2.86. The van der Waals surface area contributed by atoms with Gasteiger partial charge in [0.2, 0.25) is 5.91 Å². The molecule has 0 radical (unpaired) electrons. The summed E-state index contributed by atoms with van der Waals surface area (Å²) in [7, 11) is 0. The normalized spacial score (nSPS) is 11.6. The van der Waals surface area contributed by atoms with Crippen LogP contribution in [0, 0.1) is 13.8 Å². The van der Waals surface area contributed by atoms with Crippen molar-refractivity contribution in [1.29, 1.82) is 0 Å². The summed E-state index contributed by atoms with van der Waals surface area (Å²) in [6, 6.07) is 8.43. The number of amides is 1. The average Bonchev–Trinajstić information content (AvgIpc) is 2.99. The number of aliphatic hydroxyl groups excluding tert-OH is 1. The van der Waals surface area contributed by atoms with Crippen molar-refractivity contribution in [2.45, 2.75) is 39.7 Å². The van der Waals surface area contributed by atoms with Gasteiger partial charge in [0.1, 0.15) is 17.0 Å². The Morgan fingerprint density at radius 3 is 2.57 bits per heavy atom. The van der Waals surface area contributed by atoms with Crippen LogP contribution in [0.4, 0.5) is 5.82 Å². The number of thiophene rings is 1. The van der Waals surface area contributed by atoms with Crippen LogP contribution in [0.2, 0.25) is 0 Å². The molecular formula is C21H26N4O2S. The topological polar surface area (TPSA) is 87.1 Å². The summed E-state index contributed by atoms with van der Waals surface area (Å²) < 4.78 is 0. The zero-order valence-corrected chi connectivity index (χ0v) is 17.5. The first-order valence-corrected chi connectivity index (χ1v) is 10.1. The van der Waals surface area contributed by atoms with E-state index in [0.717, 1.165) is 27.2 Å². The summed E-state index contributed by atoms with van der Waals surface area (Å²) in [4.78, 5) is 23.1. The van der Waals surface area contributed by atoms with E-state index in [1.807, 2.05) is 0 Å². The van der Waals surface area contributed by atoms with Crippen LogP contribution in [-0.4, -0.2) is 39.7 Å². The zero-order chi connectivity index (χ0) is 20.3. The van der Waals surface area contributed by atoms with Crippen molar-refractivity contribution in [2.24, 2.45) is 0 Å². The second-order valence-electron chi connectivity index (χ2n) is 7.57. The van der Waals surface area contributed by atoms with Crippen molar-refractivity contribution in [3.63, 3.8) is 0 Å². The molecule has 3 N–H and O–H groups in total. The largest absolute Gasteiger partial charge is 0.394 e. The number of rotatable bonds is 7. The van der Waals surface area contributed by atoms with E-state index in [1.54, 1.807) is 31.5 Å². The molecule has 148 valence electrons. The van der Waals surface area contributed by atoms with Crippen LogP contribution in [0.3, 0.4) is 0 Å². The van der Waals surface area contributed by atoms with Crippen molar-refractivity contribution in [1.82, 2.24) is 15.3 Å². The van der Waals surface area contributed by atoms with Gasteiger partial charge in [-0.1, -0.05) is 29.8 Å². The molecule has 0 bridgehead atoms. The van der Waals surface area contributed by atoms with Crippen LogP contribution in [0.5, 0.6) is 0 Å². The molecule has 0 fully saturated rings. The number of hydrogen-bond acceptors (Lipinski definition) is 6. The minimum absolute atomic E-state index is 0.104. The second kappa shape index (κ2) is 8.24. The number of aliphatic hydroxyl groups is 1. The number of fused-ring (bicyclic) bond motifs is 1. The highest BCUT2D eigenvalue weighted by Crippen LogP contribution is 2.40. The number of anilines is 1. The first-order valence-electron chi connectivity index (χ1n) is 9.27. The lowest BCUT2D eigenvalue weighted by Gasteiger charge is -2.23. The predicted octanol–water partition coefficient (Wildman–Crippen LogP) is 3.66. The zero-order valence-electron chi connectivity index (χ0n) is 16.7. The summed E-state index contributed by atoms with van der Waals surface area (Å²) in [5, 5.41) is 16.4. The quantitative estimate of drug-likeness (QED) is 0.565. The van der Waals surface area contributed by atoms with Gasteiger partial charge in [-0.15, -0.1) is 11.3 Å². The summed E-state index contributed by atoms with van der Waals surface area (Å²) in [6.07, 6.45) is 1.84. The van der Waals surface area contributed by atoms with Crippen molar-refractivity contribution in [3.8, 4) is 11.1 Å². The molecule has 1 aromatic carbocycles. The molecule has 3 aromatic rings. The highest BCUT2D eigenvalue weighted by molar-refractivity contribution is 7.19. The van der Waals surface area contributed by atoms with Gasteiger partial charge in [0.25, 0.3) is 0 Å². The maximum atomic E-state index is 12.1. The molecule has 0 saturated carbocycles. The molecule has 0 saturated heterocycles. The number of nitrogens with one attached hydrogen (secondary N) is 2. The van der Waals surface area contributed by atoms with Crippen molar-refractivity contribution >= 4 is 33.3 Å². The number of carbonyl (C=O) groups excluding carboxylic acids is 1. The van der Waals surface area contributed by atoms with Crippen LogP contribution in [0.25, 0.3) is 21.3 Å². The smallest absolute Gasteiger partial charge is 0.222 e. The van der Waals surface area contributed by atoms with Gasteiger partial charge in [0.05, 0.1) is 17.5 Å². The summed E-state index contributed by atoms with van der Waals surface area (Å²) in [6.45, 7) is 8.08. The van der Waals surface area contributed by atoms with E-state index in [9.17, 15) is 9.90 Å². The van der Waals surface area contributed by atoms with Crippen LogP contribution in [-0.2, 0) is 4.79 Å². The number of carbonyl (C=O) groups is 1. The Bertz CT molecular complexity index is 980. The van der Waals surface area contributed by atoms with Crippen molar-refractivity contribution < 1.29 is 9.90 Å². The molecule has 3 rings (SSSR count). The number of aromatic nitrogens is 2. The fraction of sp³-hybridized carbons (Fsp3) is 0.381. The molecule has 28 heavy (non-hydrogen) atoms. The fourth-order valence-electron chi connectivity index (χ4n) is 3.02. The van der Waals surface area contributed by atoms with Crippen LogP contribution in [0.15, 0.2) is 30.6 Å². The monoisotopic (exact) mass is 398 g/mol. The Balaban J connectivity index is 1.82. The van der Waals surface area contributed by atoms with Gasteiger partial charge in [-0.25, -0.2) is 9.97 Å². The third-order valence-electron chi connectivity index (χ3n) is 4.52. The van der Waals surface area contributed by atoms with Crippen LogP contribution < -0.4 is 10.6 Å². The molecule has 0 aliphatic carbocycles. The second-order valence-corrected chi connectivity index (χ2v) is 8.77. The molecule has 0 atom stereocenters. The third kappa shape index (κ3) is 4.48. The van der Waals surface area contributed by atoms with Crippen LogP contribution in [0.1, 0.15) is 30.7 Å². The number of hydrogen-bond donors (Lipinski definition) is 3. The Hall–Kier alpha value is -2.51. The van der Waals surface area contributed by atoms with Gasteiger partial charge in [-0.05, 0) is 33.3 Å². The summed E-state index contributed by atoms with van der Waals surface area (Å²) >= 11 is 1.64. The van der Waals surface area contributed by atoms with E-state index in [2.05, 4.69) is 58.7 Å². The minimum atomic E-state index is -0.623. The average molecular weight is 399 g/mol. The van der Waals surface area contributed by atoms with E-state index in [1.165, 1.54) is 10.4 Å². The maximum absolute atomic E-state index is 12.1. The lowest BCUT2D eigenvalue weighted by atomic mass is 10.0. The first kappa shape index (κ1) is 20.2. The predicted molar refractivity (Wildman–Crippen MR) is 115 cm³/mol. The Morgan fingerprint density at radius 1 is 1.18 bits per heavy atom. The highest BCUT2D eigenvalue weighted by atomic mass is 32.1. The Morgan fingerprint density at radius 2 is 1.89 bits per heavy atom. The number of aryl methyl sites for hydroxylation is 2. The van der Waals surface area contributed by atoms with E-state index in [4.69, 9.17) is 0 Å². The molecular weight excluding hydrogens is 372 g/mol.